The minimum atomic E-state index is -5.07. The second-order valence-corrected chi connectivity index (χ2v) is 5.10. The SMILES string of the molecule is CON(C)C(=O)Nc1ccc(OC2(C(F)(F)F)C=CNC([N+](=O)[O-])=N2)cc1. The van der Waals surface area contributed by atoms with Gasteiger partial charge in [0.05, 0.1) is 13.3 Å². The maximum Gasteiger partial charge on any atom is 0.472 e. The fourth-order valence-corrected chi connectivity index (χ4v) is 1.89. The average molecular weight is 389 g/mol. The molecule has 1 aromatic carbocycles. The summed E-state index contributed by atoms with van der Waals surface area (Å²) in [5.41, 5.74) is -3.01. The standard InChI is InChI=1S/C14H14F3N5O5/c1-21(26-2)12(23)19-9-3-5-10(6-4-9)27-13(14(15,16)17)7-8-18-11(20-13)22(24)25/h3-8H,1-2H3,(H,18,20)(H,19,23). The monoisotopic (exact) mass is 389 g/mol. The van der Waals surface area contributed by atoms with Crippen molar-refractivity contribution in [1.29, 1.82) is 0 Å². The van der Waals surface area contributed by atoms with Crippen molar-refractivity contribution in [3.63, 3.8) is 0 Å². The number of rotatable bonds is 4. The zero-order valence-corrected chi connectivity index (χ0v) is 14.0. The Balaban J connectivity index is 2.24. The number of nitro groups is 1. The van der Waals surface area contributed by atoms with Gasteiger partial charge in [-0.3, -0.25) is 4.84 Å². The van der Waals surface area contributed by atoms with Crippen molar-refractivity contribution in [1.82, 2.24) is 10.4 Å². The number of hydroxylamine groups is 2. The molecule has 1 atom stereocenters. The van der Waals surface area contributed by atoms with E-state index in [0.29, 0.717) is 6.08 Å². The van der Waals surface area contributed by atoms with E-state index in [4.69, 9.17) is 4.74 Å². The fourth-order valence-electron chi connectivity index (χ4n) is 1.89. The molecule has 0 saturated heterocycles. The summed E-state index contributed by atoms with van der Waals surface area (Å²) in [5, 5.41) is 16.1. The number of amides is 2. The average Bonchev–Trinajstić information content (AvgIpc) is 2.61. The van der Waals surface area contributed by atoms with Crippen molar-refractivity contribution in [3.8, 4) is 5.75 Å². The lowest BCUT2D eigenvalue weighted by molar-refractivity contribution is -0.358. The summed E-state index contributed by atoms with van der Waals surface area (Å²) in [5.74, 6) is -1.38. The van der Waals surface area contributed by atoms with Crippen LogP contribution in [0.1, 0.15) is 0 Å². The molecule has 0 saturated carbocycles. The Bertz CT molecular complexity index is 780. The highest BCUT2D eigenvalue weighted by Gasteiger charge is 2.62. The molecule has 1 aliphatic rings. The maximum atomic E-state index is 13.5. The van der Waals surface area contributed by atoms with E-state index in [2.05, 4.69) is 15.1 Å². The van der Waals surface area contributed by atoms with Gasteiger partial charge < -0.3 is 20.2 Å². The van der Waals surface area contributed by atoms with Crippen LogP contribution in [0.3, 0.4) is 0 Å². The van der Waals surface area contributed by atoms with Crippen molar-refractivity contribution in [3.05, 3.63) is 46.7 Å². The molecule has 146 valence electrons. The zero-order valence-electron chi connectivity index (χ0n) is 14.0. The van der Waals surface area contributed by atoms with Gasteiger partial charge in [0, 0.05) is 18.8 Å². The van der Waals surface area contributed by atoms with Crippen LogP contribution < -0.4 is 15.4 Å². The van der Waals surface area contributed by atoms with Crippen LogP contribution in [0.5, 0.6) is 5.75 Å². The lowest BCUT2D eigenvalue weighted by Crippen LogP contribution is -2.51. The highest BCUT2D eigenvalue weighted by atomic mass is 19.4. The van der Waals surface area contributed by atoms with E-state index in [1.54, 1.807) is 0 Å². The third kappa shape index (κ3) is 4.44. The van der Waals surface area contributed by atoms with E-state index < -0.39 is 28.8 Å². The molecule has 2 amide bonds. The molecule has 0 aliphatic carbocycles. The van der Waals surface area contributed by atoms with Gasteiger partial charge in [-0.1, -0.05) is 0 Å². The number of aliphatic imine (C=N–C) groups is 1. The first-order valence-corrected chi connectivity index (χ1v) is 7.21. The van der Waals surface area contributed by atoms with E-state index >= 15 is 0 Å². The summed E-state index contributed by atoms with van der Waals surface area (Å²) in [6, 6.07) is 4.24. The molecule has 0 spiro atoms. The zero-order chi connectivity index (χ0) is 20.2. The van der Waals surface area contributed by atoms with E-state index in [0.717, 1.165) is 23.4 Å². The normalized spacial score (nSPS) is 18.9. The van der Waals surface area contributed by atoms with E-state index in [-0.39, 0.29) is 11.4 Å². The lowest BCUT2D eigenvalue weighted by atomic mass is 10.2. The Kier molecular flexibility index (Phi) is 5.54. The number of guanidine groups is 1. The number of nitrogens with zero attached hydrogens (tertiary/aromatic N) is 3. The minimum Gasteiger partial charge on any atom is -0.442 e. The van der Waals surface area contributed by atoms with Gasteiger partial charge in [-0.05, 0) is 34.2 Å². The van der Waals surface area contributed by atoms with Gasteiger partial charge in [0.2, 0.25) is 0 Å². The number of hydrogen-bond acceptors (Lipinski definition) is 7. The summed E-state index contributed by atoms with van der Waals surface area (Å²) in [6.45, 7) is 0. The van der Waals surface area contributed by atoms with Crippen LogP contribution in [0.4, 0.5) is 23.7 Å². The molecule has 1 aromatic rings. The van der Waals surface area contributed by atoms with E-state index in [1.807, 2.05) is 5.32 Å². The molecule has 2 rings (SSSR count). The number of carbonyl (C=O) groups excluding carboxylic acids is 1. The molecular formula is C14H14F3N5O5. The van der Waals surface area contributed by atoms with Crippen LogP contribution >= 0.6 is 0 Å². The second-order valence-electron chi connectivity index (χ2n) is 5.10. The Morgan fingerprint density at radius 2 is 2.00 bits per heavy atom. The van der Waals surface area contributed by atoms with Crippen LogP contribution in [-0.4, -0.2) is 48.0 Å². The van der Waals surface area contributed by atoms with Crippen molar-refractivity contribution in [2.75, 3.05) is 19.5 Å². The van der Waals surface area contributed by atoms with Crippen molar-refractivity contribution < 1.29 is 32.5 Å². The lowest BCUT2D eigenvalue weighted by Gasteiger charge is -2.27. The number of urea groups is 1. The number of halogens is 3. The summed E-state index contributed by atoms with van der Waals surface area (Å²) in [4.78, 5) is 29.0. The fraction of sp³-hybridized carbons (Fsp3) is 0.286. The summed E-state index contributed by atoms with van der Waals surface area (Å²) in [6.07, 6.45) is -3.82. The third-order valence-electron chi connectivity index (χ3n) is 3.31. The number of anilines is 1. The summed E-state index contributed by atoms with van der Waals surface area (Å²) < 4.78 is 45.4. The second kappa shape index (κ2) is 7.49. The van der Waals surface area contributed by atoms with Gasteiger partial charge in [0.15, 0.2) is 0 Å². The van der Waals surface area contributed by atoms with Crippen LogP contribution in [0.25, 0.3) is 0 Å². The van der Waals surface area contributed by atoms with Crippen molar-refractivity contribution in [2.24, 2.45) is 4.99 Å². The number of hydrogen-bond donors (Lipinski definition) is 2. The van der Waals surface area contributed by atoms with Crippen molar-refractivity contribution >= 4 is 17.7 Å². The third-order valence-corrected chi connectivity index (χ3v) is 3.31. The molecule has 0 fully saturated rings. The molecule has 1 heterocycles. The first kappa shape index (κ1) is 20.0. The molecule has 0 radical (unpaired) electrons. The number of ether oxygens (including phenoxy) is 1. The van der Waals surface area contributed by atoms with Crippen LogP contribution in [-0.2, 0) is 4.84 Å². The molecule has 0 aromatic heterocycles. The Morgan fingerprint density at radius 1 is 1.37 bits per heavy atom. The molecule has 1 aliphatic heterocycles. The highest BCUT2D eigenvalue weighted by Crippen LogP contribution is 2.38. The van der Waals surface area contributed by atoms with Gasteiger partial charge in [0.1, 0.15) is 5.75 Å². The first-order valence-electron chi connectivity index (χ1n) is 7.21. The van der Waals surface area contributed by atoms with Gasteiger partial charge >= 0.3 is 23.9 Å². The van der Waals surface area contributed by atoms with E-state index in [1.165, 1.54) is 26.3 Å². The molecule has 0 bridgehead atoms. The predicted octanol–water partition coefficient (Wildman–Crippen LogP) is 2.10. The smallest absolute Gasteiger partial charge is 0.442 e. The molecule has 13 heteroatoms. The first-order chi connectivity index (χ1) is 12.6. The Hall–Kier alpha value is -3.35. The van der Waals surface area contributed by atoms with Crippen LogP contribution in [0, 0.1) is 10.1 Å². The maximum absolute atomic E-state index is 13.5. The largest absolute Gasteiger partial charge is 0.472 e. The summed E-state index contributed by atoms with van der Waals surface area (Å²) >= 11 is 0. The van der Waals surface area contributed by atoms with Crippen LogP contribution in [0.2, 0.25) is 0 Å². The predicted molar refractivity (Wildman–Crippen MR) is 86.4 cm³/mol. The Labute approximate surface area is 150 Å². The quantitative estimate of drug-likeness (QED) is 0.601. The number of alkyl halides is 3. The molecule has 1 unspecified atom stereocenters. The van der Waals surface area contributed by atoms with Crippen LogP contribution in [0.15, 0.2) is 41.5 Å². The van der Waals surface area contributed by atoms with Gasteiger partial charge in [-0.2, -0.15) is 13.2 Å². The summed E-state index contributed by atoms with van der Waals surface area (Å²) in [7, 11) is 2.63. The topological polar surface area (TPSA) is 118 Å². The van der Waals surface area contributed by atoms with Gasteiger partial charge in [-0.15, -0.1) is 0 Å². The molecule has 27 heavy (non-hydrogen) atoms. The van der Waals surface area contributed by atoms with Crippen molar-refractivity contribution in [2.45, 2.75) is 11.9 Å². The number of carbonyl (C=O) groups is 1. The number of nitrogens with one attached hydrogen (secondary N) is 2. The molecule has 2 N–H and O–H groups in total. The minimum absolute atomic E-state index is 0.257. The highest BCUT2D eigenvalue weighted by molar-refractivity contribution is 5.88. The number of benzene rings is 1. The van der Waals surface area contributed by atoms with Gasteiger partial charge in [0.25, 0.3) is 0 Å². The van der Waals surface area contributed by atoms with E-state index in [9.17, 15) is 28.1 Å². The molecular weight excluding hydrogens is 375 g/mol. The molecule has 10 nitrogen and oxygen atoms in total. The van der Waals surface area contributed by atoms with Gasteiger partial charge in [-0.25, -0.2) is 15.2 Å². The Morgan fingerprint density at radius 3 is 2.52 bits per heavy atom.